The van der Waals surface area contributed by atoms with Crippen LogP contribution in [0.4, 0.5) is 4.39 Å². The van der Waals surface area contributed by atoms with E-state index in [2.05, 4.69) is 0 Å². The van der Waals surface area contributed by atoms with Crippen molar-refractivity contribution in [3.05, 3.63) is 29.1 Å². The molecule has 0 aliphatic carbocycles. The maximum absolute atomic E-state index is 13.5. The van der Waals surface area contributed by atoms with Crippen LogP contribution in [0.3, 0.4) is 0 Å². The van der Waals surface area contributed by atoms with Crippen molar-refractivity contribution in [2.24, 2.45) is 0 Å². The lowest BCUT2D eigenvalue weighted by Gasteiger charge is -2.14. The summed E-state index contributed by atoms with van der Waals surface area (Å²) in [5.74, 6) is -0.480. The van der Waals surface area contributed by atoms with E-state index in [1.165, 1.54) is 33.2 Å². The molecule has 0 fully saturated rings. The number of nitrogens with zero attached hydrogens (tertiary/aromatic N) is 1. The lowest BCUT2D eigenvalue weighted by molar-refractivity contribution is 0.517. The van der Waals surface area contributed by atoms with Gasteiger partial charge in [0, 0.05) is 25.5 Å². The van der Waals surface area contributed by atoms with Crippen LogP contribution in [-0.4, -0.2) is 26.8 Å². The Balaban J connectivity index is 3.51. The summed E-state index contributed by atoms with van der Waals surface area (Å²) in [5, 5.41) is 0. The zero-order valence-electron chi connectivity index (χ0n) is 9.29. The first kappa shape index (κ1) is 13.4. The molecular weight excluding hydrogens is 253 g/mol. The molecule has 0 saturated carbocycles. The van der Waals surface area contributed by atoms with Crippen molar-refractivity contribution in [2.45, 2.75) is 17.7 Å². The minimum atomic E-state index is -3.63. The van der Waals surface area contributed by atoms with Gasteiger partial charge in [-0.25, -0.2) is 17.1 Å². The summed E-state index contributed by atoms with van der Waals surface area (Å²) in [5.41, 5.74) is 0.563. The molecule has 0 spiro atoms. The summed E-state index contributed by atoms with van der Waals surface area (Å²) in [6.45, 7) is 1.43. The second-order valence-corrected chi connectivity index (χ2v) is 6.01. The molecular formula is C10H13ClFNO2S. The Labute approximate surface area is 99.9 Å². The molecule has 0 heterocycles. The van der Waals surface area contributed by atoms with Crippen LogP contribution in [0, 0.1) is 12.7 Å². The lowest BCUT2D eigenvalue weighted by atomic mass is 10.1. The van der Waals surface area contributed by atoms with Crippen LogP contribution in [0.5, 0.6) is 0 Å². The van der Waals surface area contributed by atoms with Gasteiger partial charge in [-0.05, 0) is 24.6 Å². The van der Waals surface area contributed by atoms with Gasteiger partial charge >= 0.3 is 0 Å². The van der Waals surface area contributed by atoms with Gasteiger partial charge < -0.3 is 0 Å². The van der Waals surface area contributed by atoms with E-state index in [0.29, 0.717) is 5.56 Å². The van der Waals surface area contributed by atoms with Crippen molar-refractivity contribution in [1.82, 2.24) is 4.31 Å². The molecule has 0 bridgehead atoms. The van der Waals surface area contributed by atoms with Crippen molar-refractivity contribution in [3.8, 4) is 0 Å². The van der Waals surface area contributed by atoms with Gasteiger partial charge in [-0.3, -0.25) is 0 Å². The van der Waals surface area contributed by atoms with Gasteiger partial charge in [-0.2, -0.15) is 0 Å². The fourth-order valence-electron chi connectivity index (χ4n) is 1.25. The first-order valence-corrected chi connectivity index (χ1v) is 6.55. The van der Waals surface area contributed by atoms with Crippen LogP contribution in [-0.2, 0) is 15.9 Å². The third-order valence-electron chi connectivity index (χ3n) is 2.27. The third-order valence-corrected chi connectivity index (χ3v) is 4.52. The van der Waals surface area contributed by atoms with Crippen molar-refractivity contribution in [3.63, 3.8) is 0 Å². The Morgan fingerprint density at radius 1 is 1.38 bits per heavy atom. The first-order chi connectivity index (χ1) is 7.30. The standard InChI is InChI=1S/C10H13ClFNO2S/c1-7-9(12)4-8(6-11)5-10(7)16(14,15)13(2)3/h4-5H,6H2,1-3H3. The van der Waals surface area contributed by atoms with Crippen LogP contribution in [0.2, 0.25) is 0 Å². The van der Waals surface area contributed by atoms with Gasteiger partial charge in [0.15, 0.2) is 0 Å². The highest BCUT2D eigenvalue weighted by Crippen LogP contribution is 2.23. The normalized spacial score (nSPS) is 12.1. The summed E-state index contributed by atoms with van der Waals surface area (Å²) >= 11 is 5.58. The number of hydrogen-bond acceptors (Lipinski definition) is 2. The average molecular weight is 266 g/mol. The summed E-state index contributed by atoms with van der Waals surface area (Å²) in [6.07, 6.45) is 0. The Kier molecular flexibility index (Phi) is 3.93. The molecule has 6 heteroatoms. The highest BCUT2D eigenvalue weighted by Gasteiger charge is 2.22. The number of halogens is 2. The molecule has 1 aromatic carbocycles. The second kappa shape index (κ2) is 4.69. The number of hydrogen-bond donors (Lipinski definition) is 0. The topological polar surface area (TPSA) is 37.4 Å². The van der Waals surface area contributed by atoms with Crippen LogP contribution in [0.15, 0.2) is 17.0 Å². The van der Waals surface area contributed by atoms with Crippen LogP contribution < -0.4 is 0 Å². The van der Waals surface area contributed by atoms with Gasteiger partial charge in [-0.15, -0.1) is 11.6 Å². The van der Waals surface area contributed by atoms with E-state index < -0.39 is 15.8 Å². The van der Waals surface area contributed by atoms with E-state index in [0.717, 1.165) is 4.31 Å². The van der Waals surface area contributed by atoms with Gasteiger partial charge in [0.25, 0.3) is 0 Å². The average Bonchev–Trinajstić information content (AvgIpc) is 2.21. The quantitative estimate of drug-likeness (QED) is 0.785. The molecule has 0 atom stereocenters. The maximum Gasteiger partial charge on any atom is 0.242 e. The fourth-order valence-corrected chi connectivity index (χ4v) is 2.58. The number of rotatable bonds is 3. The zero-order valence-corrected chi connectivity index (χ0v) is 10.9. The van der Waals surface area contributed by atoms with E-state index in [-0.39, 0.29) is 16.3 Å². The molecule has 0 aliphatic rings. The summed E-state index contributed by atoms with van der Waals surface area (Å²) in [4.78, 5) is -0.0341. The molecule has 0 radical (unpaired) electrons. The lowest BCUT2D eigenvalue weighted by Crippen LogP contribution is -2.23. The zero-order chi connectivity index (χ0) is 12.5. The van der Waals surface area contributed by atoms with Crippen molar-refractivity contribution in [2.75, 3.05) is 14.1 Å². The van der Waals surface area contributed by atoms with E-state index in [1.54, 1.807) is 0 Å². The van der Waals surface area contributed by atoms with E-state index in [1.807, 2.05) is 0 Å². The molecule has 3 nitrogen and oxygen atoms in total. The fraction of sp³-hybridized carbons (Fsp3) is 0.400. The van der Waals surface area contributed by atoms with Crippen LogP contribution in [0.1, 0.15) is 11.1 Å². The molecule has 0 saturated heterocycles. The summed E-state index contributed by atoms with van der Waals surface area (Å²) in [6, 6.07) is 2.65. The predicted molar refractivity (Wildman–Crippen MR) is 61.6 cm³/mol. The van der Waals surface area contributed by atoms with Gasteiger partial charge in [0.05, 0.1) is 4.90 Å². The Morgan fingerprint density at radius 2 is 1.94 bits per heavy atom. The largest absolute Gasteiger partial charge is 0.242 e. The number of alkyl halides is 1. The molecule has 1 rings (SSSR count). The molecule has 1 aromatic rings. The Bertz CT molecular complexity index is 500. The Morgan fingerprint density at radius 3 is 2.38 bits per heavy atom. The van der Waals surface area contributed by atoms with Gasteiger partial charge in [0.1, 0.15) is 5.82 Å². The summed E-state index contributed by atoms with van der Waals surface area (Å²) < 4.78 is 38.3. The van der Waals surface area contributed by atoms with Crippen molar-refractivity contribution in [1.29, 1.82) is 0 Å². The van der Waals surface area contributed by atoms with Crippen LogP contribution >= 0.6 is 11.6 Å². The Hall–Kier alpha value is -0.650. The predicted octanol–water partition coefficient (Wildman–Crippen LogP) is 2.12. The molecule has 0 unspecified atom stereocenters. The van der Waals surface area contributed by atoms with Gasteiger partial charge in [0.2, 0.25) is 10.0 Å². The van der Waals surface area contributed by atoms with E-state index in [9.17, 15) is 12.8 Å². The van der Waals surface area contributed by atoms with Crippen molar-refractivity contribution >= 4 is 21.6 Å². The first-order valence-electron chi connectivity index (χ1n) is 4.58. The third kappa shape index (κ3) is 2.36. The highest BCUT2D eigenvalue weighted by molar-refractivity contribution is 7.89. The smallest absolute Gasteiger partial charge is 0.207 e. The molecule has 0 aliphatic heterocycles. The molecule has 0 N–H and O–H groups in total. The second-order valence-electron chi connectivity index (χ2n) is 3.62. The minimum Gasteiger partial charge on any atom is -0.207 e. The van der Waals surface area contributed by atoms with E-state index >= 15 is 0 Å². The van der Waals surface area contributed by atoms with Crippen molar-refractivity contribution < 1.29 is 12.8 Å². The monoisotopic (exact) mass is 265 g/mol. The maximum atomic E-state index is 13.5. The van der Waals surface area contributed by atoms with E-state index in [4.69, 9.17) is 11.6 Å². The molecule has 90 valence electrons. The molecule has 0 aromatic heterocycles. The SMILES string of the molecule is Cc1c(F)cc(CCl)cc1S(=O)(=O)N(C)C. The minimum absolute atomic E-state index is 0.0341. The number of benzene rings is 1. The molecule has 0 amide bonds. The number of sulfonamides is 1. The van der Waals surface area contributed by atoms with Gasteiger partial charge in [-0.1, -0.05) is 0 Å². The highest BCUT2D eigenvalue weighted by atomic mass is 35.5. The molecule has 16 heavy (non-hydrogen) atoms. The summed E-state index contributed by atoms with van der Waals surface area (Å²) in [7, 11) is -0.822. The van der Waals surface area contributed by atoms with Crippen LogP contribution in [0.25, 0.3) is 0 Å².